The minimum absolute atomic E-state index is 0.103. The lowest BCUT2D eigenvalue weighted by molar-refractivity contribution is 0.420. The standard InChI is InChI=1S/C13H18FNO2S/c1-8(2)15-12-7-9(3)18(16,17)13-10(12)5-4-6-11(13)14/h4-6,8-9,12,15H,7H2,1-3H3. The van der Waals surface area contributed by atoms with Crippen molar-refractivity contribution in [1.82, 2.24) is 5.32 Å². The molecule has 1 aromatic carbocycles. The Kier molecular flexibility index (Phi) is 3.47. The topological polar surface area (TPSA) is 46.2 Å². The average molecular weight is 271 g/mol. The number of hydrogen-bond acceptors (Lipinski definition) is 3. The molecule has 0 aliphatic carbocycles. The Labute approximate surface area is 107 Å². The predicted molar refractivity (Wildman–Crippen MR) is 68.7 cm³/mol. The summed E-state index contributed by atoms with van der Waals surface area (Å²) in [5.74, 6) is -0.644. The highest BCUT2D eigenvalue weighted by atomic mass is 32.2. The van der Waals surface area contributed by atoms with Crippen LogP contribution in [0.5, 0.6) is 0 Å². The van der Waals surface area contributed by atoms with Gasteiger partial charge in [0.1, 0.15) is 10.7 Å². The lowest BCUT2D eigenvalue weighted by atomic mass is 10.0. The van der Waals surface area contributed by atoms with Gasteiger partial charge in [0, 0.05) is 12.1 Å². The lowest BCUT2D eigenvalue weighted by Crippen LogP contribution is -2.37. The van der Waals surface area contributed by atoms with Gasteiger partial charge in [0.05, 0.1) is 5.25 Å². The molecule has 0 saturated heterocycles. The van der Waals surface area contributed by atoms with E-state index in [0.29, 0.717) is 12.0 Å². The number of benzene rings is 1. The van der Waals surface area contributed by atoms with Gasteiger partial charge in [-0.2, -0.15) is 0 Å². The third-order valence-electron chi connectivity index (χ3n) is 3.29. The first-order valence-electron chi connectivity index (χ1n) is 6.12. The maximum absolute atomic E-state index is 13.8. The zero-order valence-corrected chi connectivity index (χ0v) is 11.6. The van der Waals surface area contributed by atoms with Gasteiger partial charge >= 0.3 is 0 Å². The van der Waals surface area contributed by atoms with Crippen molar-refractivity contribution in [1.29, 1.82) is 0 Å². The molecule has 0 radical (unpaired) electrons. The monoisotopic (exact) mass is 271 g/mol. The summed E-state index contributed by atoms with van der Waals surface area (Å²) in [6, 6.07) is 4.59. The maximum atomic E-state index is 13.8. The molecule has 1 aromatic rings. The van der Waals surface area contributed by atoms with E-state index in [2.05, 4.69) is 5.32 Å². The number of hydrogen-bond donors (Lipinski definition) is 1. The zero-order chi connectivity index (χ0) is 13.5. The Morgan fingerprint density at radius 2 is 2.06 bits per heavy atom. The van der Waals surface area contributed by atoms with Crippen molar-refractivity contribution in [3.63, 3.8) is 0 Å². The molecule has 2 atom stereocenters. The summed E-state index contributed by atoms with van der Waals surface area (Å²) in [6.07, 6.45) is 0.483. The molecule has 0 bridgehead atoms. The fourth-order valence-electron chi connectivity index (χ4n) is 2.45. The SMILES string of the molecule is CC(C)NC1CC(C)S(=O)(=O)c2c(F)cccc21. The van der Waals surface area contributed by atoms with Crippen molar-refractivity contribution < 1.29 is 12.8 Å². The average Bonchev–Trinajstić information content (AvgIpc) is 2.25. The first kappa shape index (κ1) is 13.5. The largest absolute Gasteiger partial charge is 0.308 e. The van der Waals surface area contributed by atoms with Crippen LogP contribution in [0.1, 0.15) is 38.8 Å². The van der Waals surface area contributed by atoms with Crippen LogP contribution in [0, 0.1) is 5.82 Å². The number of fused-ring (bicyclic) bond motifs is 1. The summed E-state index contributed by atoms with van der Waals surface area (Å²) >= 11 is 0. The second-order valence-electron chi connectivity index (χ2n) is 5.12. The normalized spacial score (nSPS) is 26.1. The van der Waals surface area contributed by atoms with Gasteiger partial charge in [0.2, 0.25) is 0 Å². The Balaban J connectivity index is 2.59. The summed E-state index contributed by atoms with van der Waals surface area (Å²) in [6.45, 7) is 5.62. The van der Waals surface area contributed by atoms with Crippen molar-refractivity contribution in [2.24, 2.45) is 0 Å². The highest BCUT2D eigenvalue weighted by molar-refractivity contribution is 7.92. The molecule has 1 heterocycles. The maximum Gasteiger partial charge on any atom is 0.184 e. The Hall–Kier alpha value is -0.940. The second kappa shape index (κ2) is 4.63. The van der Waals surface area contributed by atoms with Gasteiger partial charge in [0.25, 0.3) is 0 Å². The van der Waals surface area contributed by atoms with E-state index >= 15 is 0 Å². The third kappa shape index (κ3) is 2.17. The summed E-state index contributed by atoms with van der Waals surface area (Å²) in [7, 11) is -3.54. The van der Waals surface area contributed by atoms with Crippen LogP contribution >= 0.6 is 0 Å². The lowest BCUT2D eigenvalue weighted by Gasteiger charge is -2.31. The van der Waals surface area contributed by atoms with Gasteiger partial charge in [-0.15, -0.1) is 0 Å². The number of sulfone groups is 1. The van der Waals surface area contributed by atoms with Crippen LogP contribution in [0.3, 0.4) is 0 Å². The minimum Gasteiger partial charge on any atom is -0.308 e. The fourth-order valence-corrected chi connectivity index (χ4v) is 4.17. The summed E-state index contributed by atoms with van der Waals surface area (Å²) in [5, 5.41) is 2.74. The molecule has 3 nitrogen and oxygen atoms in total. The molecular formula is C13H18FNO2S. The third-order valence-corrected chi connectivity index (χ3v) is 5.54. The van der Waals surface area contributed by atoms with E-state index in [1.807, 2.05) is 13.8 Å². The molecule has 0 spiro atoms. The molecule has 1 N–H and O–H groups in total. The zero-order valence-electron chi connectivity index (χ0n) is 10.8. The highest BCUT2D eigenvalue weighted by Crippen LogP contribution is 2.37. The molecule has 0 aromatic heterocycles. The first-order chi connectivity index (χ1) is 8.34. The van der Waals surface area contributed by atoms with Gasteiger partial charge in [-0.1, -0.05) is 26.0 Å². The van der Waals surface area contributed by atoms with Crippen molar-refractivity contribution in [3.8, 4) is 0 Å². The molecule has 0 saturated carbocycles. The van der Waals surface area contributed by atoms with Gasteiger partial charge in [0.15, 0.2) is 9.84 Å². The number of halogens is 1. The molecule has 1 aliphatic heterocycles. The molecule has 2 rings (SSSR count). The molecule has 100 valence electrons. The van der Waals surface area contributed by atoms with Crippen molar-refractivity contribution in [3.05, 3.63) is 29.6 Å². The van der Waals surface area contributed by atoms with E-state index < -0.39 is 20.9 Å². The van der Waals surface area contributed by atoms with Crippen LogP contribution < -0.4 is 5.32 Å². The quantitative estimate of drug-likeness (QED) is 0.898. The van der Waals surface area contributed by atoms with Crippen LogP contribution in [0.15, 0.2) is 23.1 Å². The van der Waals surface area contributed by atoms with E-state index in [4.69, 9.17) is 0 Å². The summed E-state index contributed by atoms with van der Waals surface area (Å²) < 4.78 is 38.2. The molecule has 2 unspecified atom stereocenters. The van der Waals surface area contributed by atoms with Crippen LogP contribution in [-0.4, -0.2) is 19.7 Å². The van der Waals surface area contributed by atoms with E-state index in [9.17, 15) is 12.8 Å². The molecule has 5 heteroatoms. The van der Waals surface area contributed by atoms with Gasteiger partial charge in [-0.05, 0) is 25.0 Å². The van der Waals surface area contributed by atoms with Gasteiger partial charge in [-0.25, -0.2) is 12.8 Å². The van der Waals surface area contributed by atoms with Crippen LogP contribution in [0.4, 0.5) is 4.39 Å². The number of rotatable bonds is 2. The van der Waals surface area contributed by atoms with Crippen LogP contribution in [0.2, 0.25) is 0 Å². The van der Waals surface area contributed by atoms with Crippen molar-refractivity contribution in [2.75, 3.05) is 0 Å². The predicted octanol–water partition coefficient (Wildman–Crippen LogP) is 2.43. The van der Waals surface area contributed by atoms with Crippen LogP contribution in [-0.2, 0) is 9.84 Å². The Morgan fingerprint density at radius 1 is 1.39 bits per heavy atom. The minimum atomic E-state index is -3.54. The molecule has 18 heavy (non-hydrogen) atoms. The van der Waals surface area contributed by atoms with Crippen LogP contribution in [0.25, 0.3) is 0 Å². The van der Waals surface area contributed by atoms with E-state index in [1.54, 1.807) is 19.1 Å². The van der Waals surface area contributed by atoms with E-state index in [0.717, 1.165) is 0 Å². The summed E-state index contributed by atoms with van der Waals surface area (Å²) in [5.41, 5.74) is 0.557. The molecular weight excluding hydrogens is 253 g/mol. The van der Waals surface area contributed by atoms with Crippen molar-refractivity contribution >= 4 is 9.84 Å². The van der Waals surface area contributed by atoms with Gasteiger partial charge < -0.3 is 5.32 Å². The Bertz CT molecular complexity index is 554. The van der Waals surface area contributed by atoms with Gasteiger partial charge in [-0.3, -0.25) is 0 Å². The fraction of sp³-hybridized carbons (Fsp3) is 0.538. The molecule has 0 fully saturated rings. The van der Waals surface area contributed by atoms with E-state index in [-0.39, 0.29) is 17.0 Å². The second-order valence-corrected chi connectivity index (χ2v) is 7.43. The first-order valence-corrected chi connectivity index (χ1v) is 7.67. The number of nitrogens with one attached hydrogen (secondary N) is 1. The van der Waals surface area contributed by atoms with E-state index in [1.165, 1.54) is 6.07 Å². The van der Waals surface area contributed by atoms with Crippen molar-refractivity contribution in [2.45, 2.75) is 49.4 Å². The molecule has 1 aliphatic rings. The smallest absolute Gasteiger partial charge is 0.184 e. The Morgan fingerprint density at radius 3 is 2.67 bits per heavy atom. The summed E-state index contributed by atoms with van der Waals surface area (Å²) in [4.78, 5) is -0.123. The molecule has 0 amide bonds. The highest BCUT2D eigenvalue weighted by Gasteiger charge is 2.38.